The van der Waals surface area contributed by atoms with E-state index in [0.29, 0.717) is 17.2 Å². The zero-order valence-electron chi connectivity index (χ0n) is 18.3. The summed E-state index contributed by atoms with van der Waals surface area (Å²) in [6.45, 7) is 4.39. The van der Waals surface area contributed by atoms with E-state index in [0.717, 1.165) is 58.9 Å². The number of halogens is 1. The molecule has 3 aromatic rings. The summed E-state index contributed by atoms with van der Waals surface area (Å²) in [4.78, 5) is 13.7. The van der Waals surface area contributed by atoms with Crippen molar-refractivity contribution in [2.24, 2.45) is 0 Å². The largest absolute Gasteiger partial charge is 0.465 e. The molecule has 0 atom stereocenters. The Balaban J connectivity index is 1.53. The highest BCUT2D eigenvalue weighted by atomic mass is 32.1. The standard InChI is InChI=1S/C23H25FN4O2S2/c1-13-20(14(2)28(27-13)12-15-8-10-16(24)11-9-15)25-23(31)26-21-19(22(29)30-3)17-6-4-5-7-18(17)32-21/h8-11H,4-7,12H2,1-3H3,(H2,25,26,31). The lowest BCUT2D eigenvalue weighted by molar-refractivity contribution is 0.0601. The third-order valence-electron chi connectivity index (χ3n) is 5.65. The number of esters is 1. The molecule has 168 valence electrons. The van der Waals surface area contributed by atoms with Gasteiger partial charge in [0, 0.05) is 4.88 Å². The van der Waals surface area contributed by atoms with Crippen molar-refractivity contribution in [3.05, 3.63) is 63.0 Å². The number of nitrogens with zero attached hydrogens (tertiary/aromatic N) is 2. The number of fused-ring (bicyclic) bond motifs is 1. The highest BCUT2D eigenvalue weighted by molar-refractivity contribution is 7.80. The van der Waals surface area contributed by atoms with Crippen LogP contribution in [0, 0.1) is 19.7 Å². The van der Waals surface area contributed by atoms with Crippen LogP contribution in [0.1, 0.15) is 50.6 Å². The number of hydrogen-bond acceptors (Lipinski definition) is 5. The van der Waals surface area contributed by atoms with Gasteiger partial charge in [-0.05, 0) is 75.0 Å². The van der Waals surface area contributed by atoms with Crippen LogP contribution in [0.2, 0.25) is 0 Å². The summed E-state index contributed by atoms with van der Waals surface area (Å²) in [6.07, 6.45) is 4.05. The molecule has 0 aliphatic heterocycles. The number of anilines is 2. The van der Waals surface area contributed by atoms with Gasteiger partial charge in [0.2, 0.25) is 0 Å². The Labute approximate surface area is 195 Å². The zero-order chi connectivity index (χ0) is 22.8. The molecule has 9 heteroatoms. The SMILES string of the molecule is COC(=O)c1c(NC(=S)Nc2c(C)nn(Cc3ccc(F)cc3)c2C)sc2c1CCCC2. The molecular formula is C23H25FN4O2S2. The molecule has 2 aromatic heterocycles. The molecule has 0 unspecified atom stereocenters. The monoisotopic (exact) mass is 472 g/mol. The van der Waals surface area contributed by atoms with Crippen LogP contribution in [-0.4, -0.2) is 28.0 Å². The average molecular weight is 473 g/mol. The number of ether oxygens (including phenoxy) is 1. The van der Waals surface area contributed by atoms with E-state index in [1.807, 2.05) is 18.5 Å². The fourth-order valence-electron chi connectivity index (χ4n) is 4.01. The Bertz CT molecular complexity index is 1170. The summed E-state index contributed by atoms with van der Waals surface area (Å²) < 4.78 is 20.1. The van der Waals surface area contributed by atoms with Crippen LogP contribution in [0.25, 0.3) is 0 Å². The number of carbonyl (C=O) groups is 1. The van der Waals surface area contributed by atoms with E-state index in [1.54, 1.807) is 23.5 Å². The first kappa shape index (κ1) is 22.4. The number of rotatable bonds is 5. The maximum absolute atomic E-state index is 13.2. The molecule has 32 heavy (non-hydrogen) atoms. The number of aromatic nitrogens is 2. The third-order valence-corrected chi connectivity index (χ3v) is 7.06. The van der Waals surface area contributed by atoms with Gasteiger partial charge in [0.25, 0.3) is 0 Å². The Morgan fingerprint density at radius 3 is 2.66 bits per heavy atom. The van der Waals surface area contributed by atoms with Gasteiger partial charge in [-0.1, -0.05) is 12.1 Å². The van der Waals surface area contributed by atoms with E-state index < -0.39 is 0 Å². The smallest absolute Gasteiger partial charge is 0.341 e. The molecule has 1 aliphatic rings. The predicted molar refractivity (Wildman–Crippen MR) is 129 cm³/mol. The fraction of sp³-hybridized carbons (Fsp3) is 0.348. The molecule has 6 nitrogen and oxygen atoms in total. The third kappa shape index (κ3) is 4.54. The van der Waals surface area contributed by atoms with Gasteiger partial charge in [-0.25, -0.2) is 9.18 Å². The van der Waals surface area contributed by atoms with Crippen LogP contribution < -0.4 is 10.6 Å². The topological polar surface area (TPSA) is 68.2 Å². The van der Waals surface area contributed by atoms with E-state index in [9.17, 15) is 9.18 Å². The molecule has 0 spiro atoms. The first-order valence-electron chi connectivity index (χ1n) is 10.5. The normalized spacial score (nSPS) is 12.9. The molecule has 2 heterocycles. The number of carbonyl (C=O) groups excluding carboxylic acids is 1. The van der Waals surface area contributed by atoms with E-state index in [1.165, 1.54) is 24.1 Å². The second-order valence-corrected chi connectivity index (χ2v) is 9.33. The lowest BCUT2D eigenvalue weighted by atomic mass is 9.95. The minimum Gasteiger partial charge on any atom is -0.465 e. The van der Waals surface area contributed by atoms with Crippen LogP contribution in [0.5, 0.6) is 0 Å². The van der Waals surface area contributed by atoms with Gasteiger partial charge in [0.1, 0.15) is 10.8 Å². The highest BCUT2D eigenvalue weighted by Gasteiger charge is 2.26. The minimum absolute atomic E-state index is 0.262. The summed E-state index contributed by atoms with van der Waals surface area (Å²) in [5, 5.41) is 12.2. The van der Waals surface area contributed by atoms with Crippen LogP contribution >= 0.6 is 23.6 Å². The second-order valence-electron chi connectivity index (χ2n) is 7.82. The molecule has 2 N–H and O–H groups in total. The van der Waals surface area contributed by atoms with Gasteiger partial charge in [-0.2, -0.15) is 5.10 Å². The summed E-state index contributed by atoms with van der Waals surface area (Å²) in [7, 11) is 1.40. The van der Waals surface area contributed by atoms with Crippen molar-refractivity contribution in [1.29, 1.82) is 0 Å². The number of aryl methyl sites for hydroxylation is 2. The van der Waals surface area contributed by atoms with Crippen molar-refractivity contribution in [3.8, 4) is 0 Å². The number of benzene rings is 1. The Hall–Kier alpha value is -2.78. The molecule has 0 bridgehead atoms. The number of hydrogen-bond donors (Lipinski definition) is 2. The van der Waals surface area contributed by atoms with Crippen LogP contribution in [0.3, 0.4) is 0 Å². The van der Waals surface area contributed by atoms with E-state index in [-0.39, 0.29) is 11.8 Å². The average Bonchev–Trinajstić information content (AvgIpc) is 3.26. The summed E-state index contributed by atoms with van der Waals surface area (Å²) in [5.74, 6) is -0.600. The number of thiophene rings is 1. The number of thiocarbonyl (C=S) groups is 1. The second kappa shape index (κ2) is 9.38. The van der Waals surface area contributed by atoms with Gasteiger partial charge < -0.3 is 15.4 Å². The van der Waals surface area contributed by atoms with E-state index in [2.05, 4.69) is 15.7 Å². The van der Waals surface area contributed by atoms with Crippen LogP contribution in [0.4, 0.5) is 15.1 Å². The molecule has 0 fully saturated rings. The molecule has 0 amide bonds. The molecule has 0 saturated heterocycles. The summed E-state index contributed by atoms with van der Waals surface area (Å²) in [6, 6.07) is 6.38. The van der Waals surface area contributed by atoms with Gasteiger partial charge in [-0.3, -0.25) is 4.68 Å². The maximum atomic E-state index is 13.2. The molecule has 4 rings (SSSR count). The Morgan fingerprint density at radius 1 is 1.22 bits per heavy atom. The molecule has 1 aliphatic carbocycles. The van der Waals surface area contributed by atoms with Crippen molar-refractivity contribution in [2.75, 3.05) is 17.7 Å². The lowest BCUT2D eigenvalue weighted by Crippen LogP contribution is -2.21. The molecule has 0 radical (unpaired) electrons. The van der Waals surface area contributed by atoms with Crippen LogP contribution in [-0.2, 0) is 24.1 Å². The maximum Gasteiger partial charge on any atom is 0.341 e. The first-order valence-corrected chi connectivity index (χ1v) is 11.7. The first-order chi connectivity index (χ1) is 15.4. The van der Waals surface area contributed by atoms with Gasteiger partial charge in [-0.15, -0.1) is 11.3 Å². The molecule has 1 aromatic carbocycles. The minimum atomic E-state index is -0.339. The summed E-state index contributed by atoms with van der Waals surface area (Å²) in [5.41, 5.74) is 5.15. The van der Waals surface area contributed by atoms with Gasteiger partial charge in [0.05, 0.1) is 36.3 Å². The van der Waals surface area contributed by atoms with Crippen molar-refractivity contribution >= 4 is 45.3 Å². The molecular weight excluding hydrogens is 447 g/mol. The van der Waals surface area contributed by atoms with Crippen molar-refractivity contribution in [1.82, 2.24) is 9.78 Å². The quantitative estimate of drug-likeness (QED) is 0.392. The van der Waals surface area contributed by atoms with Crippen molar-refractivity contribution in [3.63, 3.8) is 0 Å². The predicted octanol–water partition coefficient (Wildman–Crippen LogP) is 5.22. The highest BCUT2D eigenvalue weighted by Crippen LogP contribution is 2.38. The van der Waals surface area contributed by atoms with Gasteiger partial charge in [0.15, 0.2) is 5.11 Å². The molecule has 0 saturated carbocycles. The van der Waals surface area contributed by atoms with Crippen molar-refractivity contribution in [2.45, 2.75) is 46.1 Å². The van der Waals surface area contributed by atoms with Crippen molar-refractivity contribution < 1.29 is 13.9 Å². The Kier molecular flexibility index (Phi) is 6.57. The van der Waals surface area contributed by atoms with E-state index in [4.69, 9.17) is 17.0 Å². The summed E-state index contributed by atoms with van der Waals surface area (Å²) >= 11 is 7.14. The number of nitrogens with one attached hydrogen (secondary N) is 2. The fourth-order valence-corrected chi connectivity index (χ4v) is 5.56. The van der Waals surface area contributed by atoms with Gasteiger partial charge >= 0.3 is 5.97 Å². The van der Waals surface area contributed by atoms with E-state index >= 15 is 0 Å². The van der Waals surface area contributed by atoms with Crippen LogP contribution in [0.15, 0.2) is 24.3 Å². The lowest BCUT2D eigenvalue weighted by Gasteiger charge is -2.13. The Morgan fingerprint density at radius 2 is 1.94 bits per heavy atom. The number of methoxy groups -OCH3 is 1. The zero-order valence-corrected chi connectivity index (χ0v) is 19.9.